The second-order valence-corrected chi connectivity index (χ2v) is 4.26. The van der Waals surface area contributed by atoms with Gasteiger partial charge in [-0.2, -0.15) is 5.26 Å². The lowest BCUT2D eigenvalue weighted by atomic mass is 10.2. The van der Waals surface area contributed by atoms with Crippen LogP contribution >= 0.6 is 23.2 Å². The van der Waals surface area contributed by atoms with Crippen molar-refractivity contribution in [3.05, 3.63) is 52.7 Å². The van der Waals surface area contributed by atoms with E-state index in [1.165, 1.54) is 12.3 Å². The highest BCUT2D eigenvalue weighted by Gasteiger charge is 2.09. The van der Waals surface area contributed by atoms with Crippen molar-refractivity contribution < 1.29 is 4.79 Å². The van der Waals surface area contributed by atoms with E-state index >= 15 is 0 Å². The van der Waals surface area contributed by atoms with Gasteiger partial charge in [-0.1, -0.05) is 29.3 Å². The number of carbonyl (C=O) groups excluding carboxylic acids is 1. The number of anilines is 1. The SMILES string of the molecule is C=CCN/C=C(/C#N)C(=O)Nc1ccc(Cl)c(Cl)c1. The summed E-state index contributed by atoms with van der Waals surface area (Å²) in [7, 11) is 0. The first-order chi connectivity index (χ1) is 9.08. The summed E-state index contributed by atoms with van der Waals surface area (Å²) in [5.41, 5.74) is 0.414. The topological polar surface area (TPSA) is 64.9 Å². The maximum Gasteiger partial charge on any atom is 0.267 e. The lowest BCUT2D eigenvalue weighted by molar-refractivity contribution is -0.112. The molecule has 1 amide bonds. The van der Waals surface area contributed by atoms with Gasteiger partial charge in [0.25, 0.3) is 5.91 Å². The zero-order valence-electron chi connectivity index (χ0n) is 9.91. The maximum atomic E-state index is 11.8. The van der Waals surface area contributed by atoms with Crippen LogP contribution in [0.2, 0.25) is 10.0 Å². The van der Waals surface area contributed by atoms with Crippen molar-refractivity contribution in [1.29, 1.82) is 5.26 Å². The number of halogens is 2. The molecule has 19 heavy (non-hydrogen) atoms. The number of carbonyl (C=O) groups is 1. The Morgan fingerprint density at radius 3 is 2.74 bits per heavy atom. The van der Waals surface area contributed by atoms with E-state index in [-0.39, 0.29) is 5.57 Å². The minimum absolute atomic E-state index is 0.0482. The van der Waals surface area contributed by atoms with Crippen molar-refractivity contribution in [1.82, 2.24) is 5.32 Å². The van der Waals surface area contributed by atoms with Crippen LogP contribution < -0.4 is 10.6 Å². The Hall–Kier alpha value is -1.96. The Morgan fingerprint density at radius 2 is 2.16 bits per heavy atom. The minimum atomic E-state index is -0.530. The number of nitriles is 1. The molecule has 0 heterocycles. The number of hydrogen-bond acceptors (Lipinski definition) is 3. The molecule has 0 atom stereocenters. The molecule has 4 nitrogen and oxygen atoms in total. The number of hydrogen-bond donors (Lipinski definition) is 2. The van der Waals surface area contributed by atoms with Crippen molar-refractivity contribution in [3.8, 4) is 6.07 Å². The monoisotopic (exact) mass is 295 g/mol. The molecule has 0 saturated carbocycles. The number of amides is 1. The van der Waals surface area contributed by atoms with Crippen LogP contribution in [0.15, 0.2) is 42.6 Å². The van der Waals surface area contributed by atoms with Gasteiger partial charge >= 0.3 is 0 Å². The average Bonchev–Trinajstić information content (AvgIpc) is 2.39. The molecule has 6 heteroatoms. The van der Waals surface area contributed by atoms with Crippen LogP contribution in [0, 0.1) is 11.3 Å². The first kappa shape index (κ1) is 15.1. The molecule has 0 aromatic heterocycles. The highest BCUT2D eigenvalue weighted by atomic mass is 35.5. The fraction of sp³-hybridized carbons (Fsp3) is 0.0769. The second-order valence-electron chi connectivity index (χ2n) is 3.45. The summed E-state index contributed by atoms with van der Waals surface area (Å²) in [4.78, 5) is 11.8. The van der Waals surface area contributed by atoms with Gasteiger partial charge in [-0.3, -0.25) is 4.79 Å². The number of rotatable bonds is 5. The van der Waals surface area contributed by atoms with E-state index in [2.05, 4.69) is 17.2 Å². The van der Waals surface area contributed by atoms with E-state index in [0.717, 1.165) is 0 Å². The first-order valence-corrected chi connectivity index (χ1v) is 6.05. The predicted octanol–water partition coefficient (Wildman–Crippen LogP) is 3.11. The number of benzene rings is 1. The van der Waals surface area contributed by atoms with Crippen LogP contribution in [0.25, 0.3) is 0 Å². The van der Waals surface area contributed by atoms with E-state index in [1.54, 1.807) is 24.3 Å². The van der Waals surface area contributed by atoms with E-state index in [9.17, 15) is 4.79 Å². The van der Waals surface area contributed by atoms with E-state index < -0.39 is 5.91 Å². The molecule has 0 saturated heterocycles. The Labute approximate surface area is 121 Å². The summed E-state index contributed by atoms with van der Waals surface area (Å²) in [6.45, 7) is 3.98. The lowest BCUT2D eigenvalue weighted by Gasteiger charge is -2.05. The van der Waals surface area contributed by atoms with Crippen LogP contribution in [0.1, 0.15) is 0 Å². The highest BCUT2D eigenvalue weighted by molar-refractivity contribution is 6.42. The van der Waals surface area contributed by atoms with Gasteiger partial charge in [0.2, 0.25) is 0 Å². The lowest BCUT2D eigenvalue weighted by Crippen LogP contribution is -2.16. The molecule has 0 unspecified atom stereocenters. The number of nitrogens with one attached hydrogen (secondary N) is 2. The Bertz CT molecular complexity index is 561. The smallest absolute Gasteiger partial charge is 0.267 e. The maximum absolute atomic E-state index is 11.8. The standard InChI is InChI=1S/C13H11Cl2N3O/c1-2-5-17-8-9(7-16)13(19)18-10-3-4-11(14)12(15)6-10/h2-4,6,8,17H,1,5H2,(H,18,19)/b9-8-. The summed E-state index contributed by atoms with van der Waals surface area (Å²) in [5, 5.41) is 14.9. The van der Waals surface area contributed by atoms with Crippen LogP contribution in [0.4, 0.5) is 5.69 Å². The molecular formula is C13H11Cl2N3O. The van der Waals surface area contributed by atoms with Crippen molar-refractivity contribution in [2.75, 3.05) is 11.9 Å². The van der Waals surface area contributed by atoms with E-state index in [4.69, 9.17) is 28.5 Å². The molecule has 1 rings (SSSR count). The third kappa shape index (κ3) is 4.66. The van der Waals surface area contributed by atoms with Crippen molar-refractivity contribution in [2.45, 2.75) is 0 Å². The molecule has 2 N–H and O–H groups in total. The van der Waals surface area contributed by atoms with Crippen molar-refractivity contribution in [2.24, 2.45) is 0 Å². The molecule has 1 aromatic carbocycles. The Kier molecular flexibility index (Phi) is 5.94. The highest BCUT2D eigenvalue weighted by Crippen LogP contribution is 2.25. The van der Waals surface area contributed by atoms with Gasteiger partial charge in [-0.25, -0.2) is 0 Å². The summed E-state index contributed by atoms with van der Waals surface area (Å²) in [6, 6.07) is 6.46. The fourth-order valence-corrected chi connectivity index (χ4v) is 1.46. The average molecular weight is 296 g/mol. The zero-order chi connectivity index (χ0) is 14.3. The van der Waals surface area contributed by atoms with Crippen LogP contribution in [0.5, 0.6) is 0 Å². The molecule has 0 aliphatic carbocycles. The van der Waals surface area contributed by atoms with Gasteiger partial charge < -0.3 is 10.6 Å². The molecule has 0 radical (unpaired) electrons. The van der Waals surface area contributed by atoms with Gasteiger partial charge in [-0.15, -0.1) is 6.58 Å². The Balaban J connectivity index is 2.77. The normalized spacial score (nSPS) is 10.5. The van der Waals surface area contributed by atoms with Crippen molar-refractivity contribution in [3.63, 3.8) is 0 Å². The molecule has 0 aliphatic heterocycles. The van der Waals surface area contributed by atoms with Gasteiger partial charge in [0.15, 0.2) is 0 Å². The summed E-state index contributed by atoms with van der Waals surface area (Å²) in [6.07, 6.45) is 2.94. The second kappa shape index (κ2) is 7.47. The van der Waals surface area contributed by atoms with Crippen molar-refractivity contribution >= 4 is 34.8 Å². The predicted molar refractivity (Wildman–Crippen MR) is 77.0 cm³/mol. The van der Waals surface area contributed by atoms with Crippen LogP contribution in [0.3, 0.4) is 0 Å². The van der Waals surface area contributed by atoms with Crippen LogP contribution in [-0.2, 0) is 4.79 Å². The van der Waals surface area contributed by atoms with Gasteiger partial charge in [0.05, 0.1) is 10.0 Å². The van der Waals surface area contributed by atoms with Crippen LogP contribution in [-0.4, -0.2) is 12.5 Å². The van der Waals surface area contributed by atoms with Gasteiger partial charge in [0, 0.05) is 18.4 Å². The first-order valence-electron chi connectivity index (χ1n) is 5.29. The quantitative estimate of drug-likeness (QED) is 0.380. The molecule has 0 spiro atoms. The largest absolute Gasteiger partial charge is 0.386 e. The fourth-order valence-electron chi connectivity index (χ4n) is 1.17. The molecule has 1 aromatic rings. The van der Waals surface area contributed by atoms with Gasteiger partial charge in [-0.05, 0) is 18.2 Å². The molecular weight excluding hydrogens is 285 g/mol. The molecule has 0 bridgehead atoms. The number of nitrogens with zero attached hydrogens (tertiary/aromatic N) is 1. The summed E-state index contributed by atoms with van der Waals surface area (Å²) < 4.78 is 0. The molecule has 98 valence electrons. The zero-order valence-corrected chi connectivity index (χ0v) is 11.4. The van der Waals surface area contributed by atoms with E-state index in [0.29, 0.717) is 22.3 Å². The molecule has 0 fully saturated rings. The minimum Gasteiger partial charge on any atom is -0.386 e. The Morgan fingerprint density at radius 1 is 1.42 bits per heavy atom. The summed E-state index contributed by atoms with van der Waals surface area (Å²) >= 11 is 11.6. The third-order valence-electron chi connectivity index (χ3n) is 2.05. The van der Waals surface area contributed by atoms with Gasteiger partial charge in [0.1, 0.15) is 11.6 Å². The summed E-state index contributed by atoms with van der Waals surface area (Å²) in [5.74, 6) is -0.530. The van der Waals surface area contributed by atoms with E-state index in [1.807, 2.05) is 0 Å². The molecule has 0 aliphatic rings. The third-order valence-corrected chi connectivity index (χ3v) is 2.79.